The highest BCUT2D eigenvalue weighted by molar-refractivity contribution is 6.68. The van der Waals surface area contributed by atoms with E-state index in [9.17, 15) is 0 Å². The first-order valence-electron chi connectivity index (χ1n) is 5.38. The molecule has 0 amide bonds. The molecule has 1 rings (SSSR count). The van der Waals surface area contributed by atoms with Crippen molar-refractivity contribution in [3.05, 3.63) is 11.5 Å². The molecule has 0 radical (unpaired) electrons. The van der Waals surface area contributed by atoms with Gasteiger partial charge in [-0.3, -0.25) is 0 Å². The zero-order valence-electron chi connectivity index (χ0n) is 9.63. The predicted molar refractivity (Wildman–Crippen MR) is 59.9 cm³/mol. The average molecular weight is 232 g/mol. The topological polar surface area (TPSA) is 51.8 Å². The third-order valence-electron chi connectivity index (χ3n) is 1.96. The molecule has 5 nitrogen and oxygen atoms in total. The van der Waals surface area contributed by atoms with Crippen LogP contribution in [0.15, 0.2) is 11.5 Å². The Bertz CT molecular complexity index is 206. The van der Waals surface area contributed by atoms with Gasteiger partial charge in [0.2, 0.25) is 0 Å². The van der Waals surface area contributed by atoms with Crippen molar-refractivity contribution in [1.29, 1.82) is 0 Å². The van der Waals surface area contributed by atoms with Crippen LogP contribution in [-0.2, 0) is 13.3 Å². The molecule has 0 saturated carbocycles. The molecule has 1 aliphatic rings. The van der Waals surface area contributed by atoms with Crippen molar-refractivity contribution in [2.75, 3.05) is 26.5 Å². The minimum Gasteiger partial charge on any atom is -0.373 e. The summed E-state index contributed by atoms with van der Waals surface area (Å²) in [4.78, 5) is 0. The van der Waals surface area contributed by atoms with Gasteiger partial charge >= 0.3 is 8.80 Å². The standard InChI is InChI=1S/C9H20N2O3Si/c1-4-12-15(13-5-2,14-6-3)9-7-10-8-11-9/h7,10-11H,4-6,8H2,1-3H3. The van der Waals surface area contributed by atoms with E-state index >= 15 is 0 Å². The van der Waals surface area contributed by atoms with Crippen molar-refractivity contribution >= 4 is 8.80 Å². The molecule has 0 aromatic heterocycles. The lowest BCUT2D eigenvalue weighted by molar-refractivity contribution is 0.0792. The Kier molecular flexibility index (Phi) is 5.10. The second-order valence-corrected chi connectivity index (χ2v) is 5.49. The normalized spacial score (nSPS) is 15.8. The minimum absolute atomic E-state index is 0.589. The monoisotopic (exact) mass is 232 g/mol. The van der Waals surface area contributed by atoms with Crippen molar-refractivity contribution < 1.29 is 13.3 Å². The van der Waals surface area contributed by atoms with Gasteiger partial charge in [0.15, 0.2) is 0 Å². The Morgan fingerprint density at radius 1 is 1.13 bits per heavy atom. The predicted octanol–water partition coefficient (Wildman–Crippen LogP) is 0.566. The zero-order valence-corrected chi connectivity index (χ0v) is 10.6. The van der Waals surface area contributed by atoms with Crippen LogP contribution in [0.4, 0.5) is 0 Å². The Labute approximate surface area is 92.2 Å². The lowest BCUT2D eigenvalue weighted by atomic mass is 10.9. The molecule has 1 heterocycles. The van der Waals surface area contributed by atoms with E-state index in [1.54, 1.807) is 0 Å². The fraction of sp³-hybridized carbons (Fsp3) is 0.778. The van der Waals surface area contributed by atoms with Crippen LogP contribution in [0.3, 0.4) is 0 Å². The summed E-state index contributed by atoms with van der Waals surface area (Å²) < 4.78 is 17.2. The van der Waals surface area contributed by atoms with Crippen molar-refractivity contribution in [3.63, 3.8) is 0 Å². The number of nitrogens with one attached hydrogen (secondary N) is 2. The molecule has 0 aromatic rings. The molecule has 0 saturated heterocycles. The summed E-state index contributed by atoms with van der Waals surface area (Å²) in [5.41, 5.74) is 0. The first-order valence-corrected chi connectivity index (χ1v) is 7.11. The molecule has 0 fully saturated rings. The fourth-order valence-electron chi connectivity index (χ4n) is 1.48. The Morgan fingerprint density at radius 3 is 2.00 bits per heavy atom. The molecule has 0 spiro atoms. The molecule has 0 atom stereocenters. The summed E-state index contributed by atoms with van der Waals surface area (Å²) in [6, 6.07) is 0. The van der Waals surface area contributed by atoms with E-state index in [0.29, 0.717) is 26.5 Å². The van der Waals surface area contributed by atoms with Crippen LogP contribution in [0.1, 0.15) is 20.8 Å². The maximum Gasteiger partial charge on any atom is 0.555 e. The van der Waals surface area contributed by atoms with E-state index < -0.39 is 8.80 Å². The second-order valence-electron chi connectivity index (χ2n) is 2.97. The van der Waals surface area contributed by atoms with Crippen molar-refractivity contribution in [2.45, 2.75) is 20.8 Å². The highest BCUT2D eigenvalue weighted by Gasteiger charge is 2.46. The number of rotatable bonds is 7. The van der Waals surface area contributed by atoms with Crippen LogP contribution < -0.4 is 10.6 Å². The molecule has 0 aromatic carbocycles. The van der Waals surface area contributed by atoms with Gasteiger partial charge in [0.1, 0.15) is 0 Å². The molecule has 0 bridgehead atoms. The summed E-state index contributed by atoms with van der Waals surface area (Å²) in [5, 5.41) is 7.19. The third-order valence-corrected chi connectivity index (χ3v) is 4.95. The SMILES string of the molecule is CCO[Si](OCC)(OCC)C1=CNCN1. The molecular weight excluding hydrogens is 212 g/mol. The third kappa shape index (κ3) is 2.94. The van der Waals surface area contributed by atoms with Gasteiger partial charge in [-0.15, -0.1) is 0 Å². The molecule has 88 valence electrons. The second kappa shape index (κ2) is 6.11. The summed E-state index contributed by atoms with van der Waals surface area (Å²) in [6.45, 7) is 8.31. The van der Waals surface area contributed by atoms with E-state index in [0.717, 1.165) is 5.32 Å². The Hall–Kier alpha value is -0.563. The van der Waals surface area contributed by atoms with Crippen molar-refractivity contribution in [2.24, 2.45) is 0 Å². The summed E-state index contributed by atoms with van der Waals surface area (Å²) in [7, 11) is -2.67. The molecular formula is C9H20N2O3Si. The molecule has 6 heteroatoms. The maximum absolute atomic E-state index is 5.72. The summed E-state index contributed by atoms with van der Waals surface area (Å²) in [5.74, 6) is 0. The summed E-state index contributed by atoms with van der Waals surface area (Å²) >= 11 is 0. The van der Waals surface area contributed by atoms with Gasteiger partial charge < -0.3 is 23.9 Å². The van der Waals surface area contributed by atoms with Gasteiger partial charge in [-0.25, -0.2) is 0 Å². The number of hydrogen-bond donors (Lipinski definition) is 2. The van der Waals surface area contributed by atoms with Crippen LogP contribution in [0, 0.1) is 0 Å². The van der Waals surface area contributed by atoms with E-state index in [1.807, 2.05) is 27.0 Å². The first-order chi connectivity index (χ1) is 7.29. The van der Waals surface area contributed by atoms with E-state index in [1.165, 1.54) is 0 Å². The van der Waals surface area contributed by atoms with Crippen molar-refractivity contribution in [1.82, 2.24) is 10.6 Å². The van der Waals surface area contributed by atoms with Gasteiger partial charge in [-0.1, -0.05) is 0 Å². The first kappa shape index (κ1) is 12.5. The average Bonchev–Trinajstić information content (AvgIpc) is 2.72. The quantitative estimate of drug-likeness (QED) is 0.628. The number of hydrogen-bond acceptors (Lipinski definition) is 5. The van der Waals surface area contributed by atoms with Gasteiger partial charge in [-0.2, -0.15) is 0 Å². The van der Waals surface area contributed by atoms with Crippen LogP contribution in [0.5, 0.6) is 0 Å². The van der Waals surface area contributed by atoms with Crippen LogP contribution in [0.25, 0.3) is 0 Å². The van der Waals surface area contributed by atoms with Crippen LogP contribution in [0.2, 0.25) is 0 Å². The molecule has 0 unspecified atom stereocenters. The van der Waals surface area contributed by atoms with E-state index in [4.69, 9.17) is 13.3 Å². The fourth-order valence-corrected chi connectivity index (χ4v) is 3.92. The zero-order chi connectivity index (χ0) is 11.1. The van der Waals surface area contributed by atoms with E-state index in [-0.39, 0.29) is 0 Å². The van der Waals surface area contributed by atoms with Crippen LogP contribution in [-0.4, -0.2) is 35.3 Å². The maximum atomic E-state index is 5.72. The van der Waals surface area contributed by atoms with Crippen LogP contribution >= 0.6 is 0 Å². The molecule has 15 heavy (non-hydrogen) atoms. The lowest BCUT2D eigenvalue weighted by Gasteiger charge is -2.28. The largest absolute Gasteiger partial charge is 0.555 e. The Balaban J connectivity index is 2.78. The van der Waals surface area contributed by atoms with Gasteiger partial charge in [0, 0.05) is 26.0 Å². The van der Waals surface area contributed by atoms with Crippen molar-refractivity contribution in [3.8, 4) is 0 Å². The minimum atomic E-state index is -2.67. The molecule has 2 N–H and O–H groups in total. The van der Waals surface area contributed by atoms with Gasteiger partial charge in [0.25, 0.3) is 0 Å². The summed E-state index contributed by atoms with van der Waals surface area (Å²) in [6.07, 6.45) is 1.88. The van der Waals surface area contributed by atoms with Gasteiger partial charge in [0.05, 0.1) is 12.0 Å². The highest BCUT2D eigenvalue weighted by Crippen LogP contribution is 2.19. The van der Waals surface area contributed by atoms with E-state index in [2.05, 4.69) is 10.6 Å². The van der Waals surface area contributed by atoms with Gasteiger partial charge in [-0.05, 0) is 20.8 Å². The molecule has 1 aliphatic heterocycles. The molecule has 0 aliphatic carbocycles. The lowest BCUT2D eigenvalue weighted by Crippen LogP contribution is -2.51. The smallest absolute Gasteiger partial charge is 0.373 e. The Morgan fingerprint density at radius 2 is 1.67 bits per heavy atom. The highest BCUT2D eigenvalue weighted by atomic mass is 28.4.